The van der Waals surface area contributed by atoms with Crippen LogP contribution in [0.2, 0.25) is 0 Å². The van der Waals surface area contributed by atoms with Crippen molar-refractivity contribution in [2.75, 3.05) is 14.1 Å². The van der Waals surface area contributed by atoms with Crippen LogP contribution in [0.1, 0.15) is 16.7 Å². The summed E-state index contributed by atoms with van der Waals surface area (Å²) in [7, 11) is 4.14. The maximum atomic E-state index is 12.6. The number of amides is 1. The number of rotatable bonds is 6. The molecule has 0 radical (unpaired) electrons. The Kier molecular flexibility index (Phi) is 5.63. The molecule has 0 aliphatic carbocycles. The second-order valence-corrected chi connectivity index (χ2v) is 7.73. The van der Waals surface area contributed by atoms with Gasteiger partial charge in [-0.3, -0.25) is 4.79 Å². The zero-order chi connectivity index (χ0) is 20.2. The standard InChI is InChI=1S/C25H26N2O2/c1-27(2)17-18-11-13-19(14-12-18)22-9-5-3-8-21(22)16-26-25(28)24-15-20-7-4-6-10-23(20)29-24/h3-14,24H,15-17H2,1-2H3,(H,26,28). The van der Waals surface area contributed by atoms with Gasteiger partial charge in [-0.15, -0.1) is 0 Å². The average molecular weight is 386 g/mol. The van der Waals surface area contributed by atoms with Crippen molar-refractivity contribution in [3.05, 3.63) is 89.5 Å². The second kappa shape index (κ2) is 8.50. The molecule has 1 atom stereocenters. The second-order valence-electron chi connectivity index (χ2n) is 7.73. The molecule has 4 nitrogen and oxygen atoms in total. The zero-order valence-corrected chi connectivity index (χ0v) is 16.9. The van der Waals surface area contributed by atoms with Gasteiger partial charge in [-0.1, -0.05) is 66.7 Å². The molecular formula is C25H26N2O2. The molecule has 0 bridgehead atoms. The lowest BCUT2D eigenvalue weighted by Crippen LogP contribution is -2.37. The number of carbonyl (C=O) groups is 1. The number of hydrogen-bond acceptors (Lipinski definition) is 3. The third-order valence-corrected chi connectivity index (χ3v) is 5.17. The van der Waals surface area contributed by atoms with Crippen LogP contribution in [0.25, 0.3) is 11.1 Å². The van der Waals surface area contributed by atoms with E-state index in [-0.39, 0.29) is 5.91 Å². The maximum absolute atomic E-state index is 12.6. The van der Waals surface area contributed by atoms with Crippen LogP contribution in [0.5, 0.6) is 5.75 Å². The molecule has 0 fully saturated rings. The smallest absolute Gasteiger partial charge is 0.261 e. The Labute approximate surface area is 172 Å². The average Bonchev–Trinajstić information content (AvgIpc) is 3.17. The molecule has 3 aromatic rings. The van der Waals surface area contributed by atoms with Crippen molar-refractivity contribution in [3.8, 4) is 16.9 Å². The zero-order valence-electron chi connectivity index (χ0n) is 16.9. The molecule has 1 unspecified atom stereocenters. The van der Waals surface area contributed by atoms with E-state index in [1.165, 1.54) is 5.56 Å². The highest BCUT2D eigenvalue weighted by Crippen LogP contribution is 2.28. The number of para-hydroxylation sites is 1. The van der Waals surface area contributed by atoms with Gasteiger partial charge in [0.2, 0.25) is 0 Å². The van der Waals surface area contributed by atoms with Gasteiger partial charge in [0, 0.05) is 19.5 Å². The van der Waals surface area contributed by atoms with Crippen molar-refractivity contribution < 1.29 is 9.53 Å². The summed E-state index contributed by atoms with van der Waals surface area (Å²) in [6, 6.07) is 24.7. The maximum Gasteiger partial charge on any atom is 0.261 e. The lowest BCUT2D eigenvalue weighted by Gasteiger charge is -2.15. The molecule has 1 heterocycles. The Morgan fingerprint density at radius 2 is 1.72 bits per heavy atom. The Bertz CT molecular complexity index is 971. The molecule has 29 heavy (non-hydrogen) atoms. The summed E-state index contributed by atoms with van der Waals surface area (Å²) in [6.45, 7) is 1.40. The number of nitrogens with one attached hydrogen (secondary N) is 1. The van der Waals surface area contributed by atoms with Crippen LogP contribution in [0.15, 0.2) is 72.8 Å². The van der Waals surface area contributed by atoms with Gasteiger partial charge in [-0.05, 0) is 48.0 Å². The highest BCUT2D eigenvalue weighted by Gasteiger charge is 2.28. The van der Waals surface area contributed by atoms with Crippen molar-refractivity contribution in [2.45, 2.75) is 25.6 Å². The van der Waals surface area contributed by atoms with E-state index in [0.29, 0.717) is 13.0 Å². The molecule has 1 aliphatic heterocycles. The first-order valence-electron chi connectivity index (χ1n) is 9.94. The Morgan fingerprint density at radius 3 is 2.48 bits per heavy atom. The van der Waals surface area contributed by atoms with Gasteiger partial charge in [0.1, 0.15) is 5.75 Å². The number of carbonyl (C=O) groups excluding carboxylic acids is 1. The fraction of sp³-hybridized carbons (Fsp3) is 0.240. The molecule has 0 spiro atoms. The molecule has 148 valence electrons. The summed E-state index contributed by atoms with van der Waals surface area (Å²) >= 11 is 0. The van der Waals surface area contributed by atoms with E-state index >= 15 is 0 Å². The Balaban J connectivity index is 1.43. The van der Waals surface area contributed by atoms with Crippen molar-refractivity contribution in [3.63, 3.8) is 0 Å². The number of fused-ring (bicyclic) bond motifs is 1. The van der Waals surface area contributed by atoms with Crippen LogP contribution in [0, 0.1) is 0 Å². The van der Waals surface area contributed by atoms with Gasteiger partial charge in [0.05, 0.1) is 0 Å². The van der Waals surface area contributed by atoms with Crippen LogP contribution in [0.3, 0.4) is 0 Å². The SMILES string of the molecule is CN(C)Cc1ccc(-c2ccccc2CNC(=O)C2Cc3ccccc3O2)cc1. The highest BCUT2D eigenvalue weighted by atomic mass is 16.5. The predicted molar refractivity (Wildman–Crippen MR) is 116 cm³/mol. The molecule has 1 N–H and O–H groups in total. The summed E-state index contributed by atoms with van der Waals surface area (Å²) < 4.78 is 5.80. The van der Waals surface area contributed by atoms with Crippen LogP contribution in [-0.2, 0) is 24.3 Å². The topological polar surface area (TPSA) is 41.6 Å². The molecular weight excluding hydrogens is 360 g/mol. The van der Waals surface area contributed by atoms with Crippen LogP contribution in [0.4, 0.5) is 0 Å². The molecule has 0 aromatic heterocycles. The molecule has 0 saturated carbocycles. The minimum atomic E-state index is -0.454. The summed E-state index contributed by atoms with van der Waals surface area (Å²) in [5.41, 5.74) is 5.76. The van der Waals surface area contributed by atoms with E-state index in [0.717, 1.165) is 34.5 Å². The van der Waals surface area contributed by atoms with Gasteiger partial charge >= 0.3 is 0 Å². The molecule has 1 amide bonds. The van der Waals surface area contributed by atoms with Crippen molar-refractivity contribution in [2.24, 2.45) is 0 Å². The molecule has 1 aliphatic rings. The van der Waals surface area contributed by atoms with E-state index in [4.69, 9.17) is 4.74 Å². The summed E-state index contributed by atoms with van der Waals surface area (Å²) in [6.07, 6.45) is 0.168. The Hall–Kier alpha value is -3.11. The lowest BCUT2D eigenvalue weighted by molar-refractivity contribution is -0.127. The van der Waals surface area contributed by atoms with Gasteiger partial charge < -0.3 is 15.0 Å². The predicted octanol–water partition coefficient (Wildman–Crippen LogP) is 4.04. The van der Waals surface area contributed by atoms with Crippen molar-refractivity contribution in [1.82, 2.24) is 10.2 Å². The fourth-order valence-electron chi connectivity index (χ4n) is 3.74. The minimum absolute atomic E-state index is 0.0719. The molecule has 0 saturated heterocycles. The number of hydrogen-bond donors (Lipinski definition) is 1. The van der Waals surface area contributed by atoms with E-state index in [1.54, 1.807) is 0 Å². The molecule has 4 heteroatoms. The summed E-state index contributed by atoms with van der Waals surface area (Å²) in [5.74, 6) is 0.739. The minimum Gasteiger partial charge on any atom is -0.480 e. The number of benzene rings is 3. The van der Waals surface area contributed by atoms with Gasteiger partial charge in [0.15, 0.2) is 6.10 Å². The normalized spacial score (nSPS) is 15.1. The summed E-state index contributed by atoms with van der Waals surface area (Å²) in [4.78, 5) is 14.8. The summed E-state index contributed by atoms with van der Waals surface area (Å²) in [5, 5.41) is 3.05. The first kappa shape index (κ1) is 19.2. The van der Waals surface area contributed by atoms with Gasteiger partial charge in [-0.2, -0.15) is 0 Å². The first-order valence-corrected chi connectivity index (χ1v) is 9.94. The van der Waals surface area contributed by atoms with Crippen LogP contribution >= 0.6 is 0 Å². The Morgan fingerprint density at radius 1 is 1.00 bits per heavy atom. The third kappa shape index (κ3) is 4.49. The third-order valence-electron chi connectivity index (χ3n) is 5.17. The lowest BCUT2D eigenvalue weighted by atomic mass is 9.98. The number of ether oxygens (including phenoxy) is 1. The monoisotopic (exact) mass is 386 g/mol. The van der Waals surface area contributed by atoms with Crippen LogP contribution in [-0.4, -0.2) is 31.0 Å². The van der Waals surface area contributed by atoms with E-state index in [1.807, 2.05) is 36.4 Å². The quantitative estimate of drug-likeness (QED) is 0.695. The first-order chi connectivity index (χ1) is 14.1. The largest absolute Gasteiger partial charge is 0.480 e. The molecule has 4 rings (SSSR count). The van der Waals surface area contributed by atoms with Gasteiger partial charge in [0.25, 0.3) is 5.91 Å². The van der Waals surface area contributed by atoms with E-state index < -0.39 is 6.10 Å². The van der Waals surface area contributed by atoms with E-state index in [2.05, 4.69) is 60.7 Å². The fourth-order valence-corrected chi connectivity index (χ4v) is 3.74. The van der Waals surface area contributed by atoms with Crippen molar-refractivity contribution in [1.29, 1.82) is 0 Å². The van der Waals surface area contributed by atoms with Crippen LogP contribution < -0.4 is 10.1 Å². The van der Waals surface area contributed by atoms with Crippen molar-refractivity contribution >= 4 is 5.91 Å². The van der Waals surface area contributed by atoms with E-state index in [9.17, 15) is 4.79 Å². The highest BCUT2D eigenvalue weighted by molar-refractivity contribution is 5.82. The molecule has 3 aromatic carbocycles. The van der Waals surface area contributed by atoms with Gasteiger partial charge in [-0.25, -0.2) is 0 Å². The number of nitrogens with zero attached hydrogens (tertiary/aromatic N) is 1.